The fourth-order valence-electron chi connectivity index (χ4n) is 1.11. The van der Waals surface area contributed by atoms with Gasteiger partial charge in [0.25, 0.3) is 0 Å². The van der Waals surface area contributed by atoms with Crippen molar-refractivity contribution in [2.45, 2.75) is 32.1 Å². The van der Waals surface area contributed by atoms with E-state index in [1.54, 1.807) is 21.6 Å². The highest BCUT2D eigenvalue weighted by Crippen LogP contribution is 2.26. The summed E-state index contributed by atoms with van der Waals surface area (Å²) in [6.07, 6.45) is 3.79. The van der Waals surface area contributed by atoms with Crippen LogP contribution in [0.1, 0.15) is 26.7 Å². The van der Waals surface area contributed by atoms with Crippen LogP contribution >= 0.6 is 21.6 Å². The lowest BCUT2D eigenvalue weighted by molar-refractivity contribution is -0.126. The first-order valence-corrected chi connectivity index (χ1v) is 8.97. The first-order valence-electron chi connectivity index (χ1n) is 6.35. The molecule has 0 aromatic carbocycles. The molecule has 1 amide bonds. The molecule has 4 nitrogen and oxygen atoms in total. The molecule has 6 heteroatoms. The van der Waals surface area contributed by atoms with Gasteiger partial charge in [-0.1, -0.05) is 41.4 Å². The van der Waals surface area contributed by atoms with Gasteiger partial charge in [0, 0.05) is 6.42 Å². The zero-order valence-corrected chi connectivity index (χ0v) is 13.5. The Morgan fingerprint density at radius 3 is 2.74 bits per heavy atom. The number of carbonyl (C=O) groups excluding carboxylic acids is 1. The van der Waals surface area contributed by atoms with E-state index in [4.69, 9.17) is 9.47 Å². The molecule has 110 valence electrons. The number of ether oxygens (including phenoxy) is 2. The molecule has 1 atom stereocenters. The topological polar surface area (TPSA) is 47.6 Å². The minimum absolute atomic E-state index is 0.0592. The second kappa shape index (κ2) is 14.1. The van der Waals surface area contributed by atoms with E-state index in [0.29, 0.717) is 19.8 Å². The van der Waals surface area contributed by atoms with Crippen molar-refractivity contribution in [2.24, 2.45) is 0 Å². The van der Waals surface area contributed by atoms with Crippen LogP contribution in [-0.4, -0.2) is 44.0 Å². The Labute approximate surface area is 124 Å². The molecule has 0 saturated carbocycles. The second-order valence-electron chi connectivity index (χ2n) is 3.51. The van der Waals surface area contributed by atoms with Crippen molar-refractivity contribution in [1.82, 2.24) is 5.32 Å². The molecule has 0 heterocycles. The Morgan fingerprint density at radius 1 is 1.32 bits per heavy atom. The molecule has 0 aromatic rings. The van der Waals surface area contributed by atoms with Gasteiger partial charge in [-0.25, -0.2) is 0 Å². The maximum atomic E-state index is 11.3. The summed E-state index contributed by atoms with van der Waals surface area (Å²) in [6.45, 7) is 5.43. The van der Waals surface area contributed by atoms with E-state index in [1.807, 2.05) is 13.2 Å². The second-order valence-corrected chi connectivity index (χ2v) is 6.14. The Balaban J connectivity index is 3.45. The normalized spacial score (nSPS) is 11.5. The van der Waals surface area contributed by atoms with E-state index in [2.05, 4.69) is 24.1 Å². The van der Waals surface area contributed by atoms with Crippen LogP contribution in [0.4, 0.5) is 0 Å². The van der Waals surface area contributed by atoms with Crippen molar-refractivity contribution >= 4 is 27.5 Å². The number of amides is 1. The highest BCUT2D eigenvalue weighted by atomic mass is 33.1. The number of rotatable bonds is 10. The van der Waals surface area contributed by atoms with Crippen LogP contribution in [0.2, 0.25) is 0 Å². The van der Waals surface area contributed by atoms with Gasteiger partial charge in [0.1, 0.15) is 12.0 Å². The minimum atomic E-state index is -0.143. The van der Waals surface area contributed by atoms with Gasteiger partial charge in [-0.3, -0.25) is 4.79 Å². The fourth-order valence-corrected chi connectivity index (χ4v) is 2.83. The largest absolute Gasteiger partial charge is 0.369 e. The van der Waals surface area contributed by atoms with Crippen LogP contribution in [0.3, 0.4) is 0 Å². The van der Waals surface area contributed by atoms with Crippen LogP contribution in [0.15, 0.2) is 0 Å². The molecule has 0 aliphatic rings. The van der Waals surface area contributed by atoms with E-state index in [9.17, 15) is 4.79 Å². The zero-order chi connectivity index (χ0) is 14.3. The van der Waals surface area contributed by atoms with Crippen LogP contribution in [0.5, 0.6) is 0 Å². The summed E-state index contributed by atoms with van der Waals surface area (Å²) in [5.74, 6) is 5.58. The van der Waals surface area contributed by atoms with Crippen molar-refractivity contribution in [3.05, 3.63) is 0 Å². The first-order chi connectivity index (χ1) is 9.24. The molecule has 1 unspecified atom stereocenters. The molecule has 0 aliphatic heterocycles. The summed E-state index contributed by atoms with van der Waals surface area (Å²) < 4.78 is 10.8. The molecule has 0 aliphatic carbocycles. The van der Waals surface area contributed by atoms with Gasteiger partial charge < -0.3 is 14.8 Å². The summed E-state index contributed by atoms with van der Waals surface area (Å²) >= 11 is 0. The Kier molecular flexibility index (Phi) is 13.8. The Bertz CT molecular complexity index is 289. The summed E-state index contributed by atoms with van der Waals surface area (Å²) in [6, 6.07) is 0. The third kappa shape index (κ3) is 12.4. The third-order valence-corrected chi connectivity index (χ3v) is 4.07. The van der Waals surface area contributed by atoms with Gasteiger partial charge in [-0.15, -0.1) is 5.92 Å². The quantitative estimate of drug-likeness (QED) is 0.290. The molecule has 19 heavy (non-hydrogen) atoms. The number of carbonyl (C=O) groups is 1. The summed E-state index contributed by atoms with van der Waals surface area (Å²) in [5, 5.41) is 2.66. The lowest BCUT2D eigenvalue weighted by Crippen LogP contribution is -2.28. The molecule has 0 rings (SSSR count). The van der Waals surface area contributed by atoms with Gasteiger partial charge in [0.15, 0.2) is 0 Å². The van der Waals surface area contributed by atoms with Crippen molar-refractivity contribution in [3.8, 4) is 11.8 Å². The van der Waals surface area contributed by atoms with E-state index in [0.717, 1.165) is 12.8 Å². The number of nitrogens with one attached hydrogen (secondary N) is 1. The van der Waals surface area contributed by atoms with E-state index in [1.165, 1.54) is 0 Å². The third-order valence-electron chi connectivity index (χ3n) is 1.98. The Morgan fingerprint density at radius 2 is 2.11 bits per heavy atom. The summed E-state index contributed by atoms with van der Waals surface area (Å²) in [7, 11) is 3.39. The predicted molar refractivity (Wildman–Crippen MR) is 83.0 cm³/mol. The monoisotopic (exact) mass is 305 g/mol. The minimum Gasteiger partial charge on any atom is -0.369 e. The average Bonchev–Trinajstić information content (AvgIpc) is 2.42. The summed E-state index contributed by atoms with van der Waals surface area (Å²) in [4.78, 5) is 11.3. The SMILES string of the molecule is CCC#CCNC(=O)COCCOC(CC)SSC. The van der Waals surface area contributed by atoms with Crippen LogP contribution in [0.25, 0.3) is 0 Å². The molecule has 1 N–H and O–H groups in total. The molecule has 0 radical (unpaired) electrons. The molecule has 0 fully saturated rings. The standard InChI is InChI=1S/C13H23NO3S2/c1-4-6-7-8-14-12(15)11-16-9-10-17-13(5-2)19-18-3/h13H,4-5,8-11H2,1-3H3,(H,14,15). The molecule has 0 saturated heterocycles. The van der Waals surface area contributed by atoms with E-state index >= 15 is 0 Å². The van der Waals surface area contributed by atoms with Crippen LogP contribution in [0, 0.1) is 11.8 Å². The van der Waals surface area contributed by atoms with E-state index < -0.39 is 0 Å². The number of hydrogen-bond acceptors (Lipinski definition) is 5. The van der Waals surface area contributed by atoms with Gasteiger partial charge in [0.05, 0.1) is 19.8 Å². The van der Waals surface area contributed by atoms with Crippen molar-refractivity contribution in [3.63, 3.8) is 0 Å². The van der Waals surface area contributed by atoms with Crippen LogP contribution < -0.4 is 5.32 Å². The molecule has 0 bridgehead atoms. The van der Waals surface area contributed by atoms with Gasteiger partial charge >= 0.3 is 0 Å². The van der Waals surface area contributed by atoms with Crippen molar-refractivity contribution in [2.75, 3.05) is 32.6 Å². The maximum absolute atomic E-state index is 11.3. The molecule has 0 spiro atoms. The van der Waals surface area contributed by atoms with E-state index in [-0.39, 0.29) is 18.0 Å². The van der Waals surface area contributed by atoms with Gasteiger partial charge in [-0.2, -0.15) is 0 Å². The highest BCUT2D eigenvalue weighted by Gasteiger charge is 2.06. The highest BCUT2D eigenvalue weighted by molar-refractivity contribution is 8.76. The smallest absolute Gasteiger partial charge is 0.246 e. The lowest BCUT2D eigenvalue weighted by atomic mass is 10.4. The maximum Gasteiger partial charge on any atom is 0.246 e. The summed E-state index contributed by atoms with van der Waals surface area (Å²) in [5.41, 5.74) is 0.191. The van der Waals surface area contributed by atoms with Gasteiger partial charge in [0.2, 0.25) is 5.91 Å². The predicted octanol–water partition coefficient (Wildman–Crippen LogP) is 2.30. The zero-order valence-electron chi connectivity index (χ0n) is 11.9. The Hall–Kier alpha value is -0.350. The first kappa shape index (κ1) is 18.7. The molecular formula is C13H23NO3S2. The fraction of sp³-hybridized carbons (Fsp3) is 0.769. The average molecular weight is 305 g/mol. The molecular weight excluding hydrogens is 282 g/mol. The van der Waals surface area contributed by atoms with Crippen LogP contribution in [-0.2, 0) is 14.3 Å². The molecule has 0 aromatic heterocycles. The lowest BCUT2D eigenvalue weighted by Gasteiger charge is -2.13. The van der Waals surface area contributed by atoms with Gasteiger partial charge in [-0.05, 0) is 12.7 Å². The van der Waals surface area contributed by atoms with Crippen molar-refractivity contribution in [1.29, 1.82) is 0 Å². The number of hydrogen-bond donors (Lipinski definition) is 1. The van der Waals surface area contributed by atoms with Crippen molar-refractivity contribution < 1.29 is 14.3 Å².